The summed E-state index contributed by atoms with van der Waals surface area (Å²) >= 11 is 0. The van der Waals surface area contributed by atoms with Crippen molar-refractivity contribution in [2.75, 3.05) is 0 Å². The first-order valence-electron chi connectivity index (χ1n) is 8.04. The molecule has 1 aromatic heterocycles. The van der Waals surface area contributed by atoms with E-state index in [9.17, 15) is 4.79 Å². The summed E-state index contributed by atoms with van der Waals surface area (Å²) in [6, 6.07) is 4.14. The topological polar surface area (TPSA) is 30.0 Å². The minimum Gasteiger partial charge on any atom is -0.299 e. The first-order chi connectivity index (χ1) is 9.57. The van der Waals surface area contributed by atoms with E-state index in [0.29, 0.717) is 11.2 Å². The summed E-state index contributed by atoms with van der Waals surface area (Å²) in [5, 5.41) is 0. The van der Waals surface area contributed by atoms with Crippen LogP contribution in [0.5, 0.6) is 0 Å². The fourth-order valence-electron chi connectivity index (χ4n) is 3.85. The molecule has 20 heavy (non-hydrogen) atoms. The fourth-order valence-corrected chi connectivity index (χ4v) is 3.85. The molecule has 2 aliphatic rings. The summed E-state index contributed by atoms with van der Waals surface area (Å²) in [5.41, 5.74) is 2.81. The number of aromatic nitrogens is 1. The molecule has 0 bridgehead atoms. The van der Waals surface area contributed by atoms with E-state index < -0.39 is 0 Å². The highest BCUT2D eigenvalue weighted by Gasteiger charge is 2.36. The number of ketones is 1. The Kier molecular flexibility index (Phi) is 3.66. The van der Waals surface area contributed by atoms with Gasteiger partial charge in [-0.05, 0) is 62.0 Å². The Hall–Kier alpha value is -1.18. The summed E-state index contributed by atoms with van der Waals surface area (Å²) in [6.07, 6.45) is 9.58. The van der Waals surface area contributed by atoms with Gasteiger partial charge in [0.05, 0.1) is 11.6 Å². The van der Waals surface area contributed by atoms with Crippen LogP contribution >= 0.6 is 0 Å². The van der Waals surface area contributed by atoms with Crippen LogP contribution in [0.15, 0.2) is 18.3 Å². The number of aryl methyl sites for hydroxylation is 1. The third-order valence-electron chi connectivity index (χ3n) is 5.28. The van der Waals surface area contributed by atoms with Gasteiger partial charge in [-0.2, -0.15) is 0 Å². The Balaban J connectivity index is 1.76. The number of hydrogen-bond donors (Lipinski definition) is 0. The highest BCUT2D eigenvalue weighted by molar-refractivity contribution is 5.88. The average molecular weight is 271 g/mol. The molecule has 2 aliphatic carbocycles. The van der Waals surface area contributed by atoms with Gasteiger partial charge in [0.15, 0.2) is 0 Å². The zero-order valence-electron chi connectivity index (χ0n) is 12.7. The molecule has 1 heterocycles. The van der Waals surface area contributed by atoms with Crippen LogP contribution in [0.1, 0.15) is 69.5 Å². The lowest BCUT2D eigenvalue weighted by molar-refractivity contribution is -0.126. The average Bonchev–Trinajstić information content (AvgIpc) is 2.46. The Morgan fingerprint density at radius 1 is 1.25 bits per heavy atom. The second-order valence-corrected chi connectivity index (χ2v) is 7.33. The van der Waals surface area contributed by atoms with Gasteiger partial charge in [-0.1, -0.05) is 19.9 Å². The van der Waals surface area contributed by atoms with Crippen LogP contribution < -0.4 is 0 Å². The molecule has 1 saturated carbocycles. The highest BCUT2D eigenvalue weighted by Crippen LogP contribution is 2.41. The third-order valence-corrected chi connectivity index (χ3v) is 5.28. The van der Waals surface area contributed by atoms with Crippen LogP contribution in [-0.2, 0) is 11.2 Å². The molecule has 0 saturated heterocycles. The first kappa shape index (κ1) is 13.8. The van der Waals surface area contributed by atoms with Crippen molar-refractivity contribution in [2.45, 2.75) is 64.7 Å². The second kappa shape index (κ2) is 5.31. The van der Waals surface area contributed by atoms with Crippen molar-refractivity contribution in [3.05, 3.63) is 29.6 Å². The number of pyridine rings is 1. The molecule has 0 N–H and O–H groups in total. The lowest BCUT2D eigenvalue weighted by Crippen LogP contribution is -2.31. The van der Waals surface area contributed by atoms with Crippen LogP contribution in [0.25, 0.3) is 0 Å². The first-order valence-corrected chi connectivity index (χ1v) is 8.04. The van der Waals surface area contributed by atoms with Gasteiger partial charge in [0.2, 0.25) is 0 Å². The Labute approximate surface area is 122 Å². The summed E-state index contributed by atoms with van der Waals surface area (Å²) in [5.74, 6) is 0.826. The number of nitrogens with zero attached hydrogens (tertiary/aromatic N) is 1. The third kappa shape index (κ3) is 2.65. The summed E-state index contributed by atoms with van der Waals surface area (Å²) in [6.45, 7) is 4.65. The monoisotopic (exact) mass is 271 g/mol. The SMILES string of the molecule is CC1(C)CCC(C(=O)C2CCCc3cccnc32)CC1. The molecule has 2 nitrogen and oxygen atoms in total. The van der Waals surface area contributed by atoms with E-state index >= 15 is 0 Å². The normalized spacial score (nSPS) is 26.0. The van der Waals surface area contributed by atoms with Gasteiger partial charge >= 0.3 is 0 Å². The predicted octanol–water partition coefficient (Wildman–Crippen LogP) is 4.29. The zero-order valence-corrected chi connectivity index (χ0v) is 12.7. The molecule has 1 fully saturated rings. The van der Waals surface area contributed by atoms with E-state index in [4.69, 9.17) is 0 Å². The number of rotatable bonds is 2. The van der Waals surface area contributed by atoms with E-state index in [0.717, 1.165) is 37.8 Å². The number of carbonyl (C=O) groups is 1. The van der Waals surface area contributed by atoms with Gasteiger partial charge in [-0.3, -0.25) is 9.78 Å². The zero-order chi connectivity index (χ0) is 14.2. The number of Topliss-reactive ketones (excluding diaryl/α,β-unsaturated/α-hetero) is 1. The van der Waals surface area contributed by atoms with E-state index in [1.807, 2.05) is 12.3 Å². The molecule has 3 rings (SSSR count). The molecule has 0 radical (unpaired) electrons. The van der Waals surface area contributed by atoms with E-state index in [2.05, 4.69) is 24.9 Å². The van der Waals surface area contributed by atoms with Crippen LogP contribution in [0.4, 0.5) is 0 Å². The molecule has 0 spiro atoms. The smallest absolute Gasteiger partial charge is 0.144 e. The quantitative estimate of drug-likeness (QED) is 0.803. The maximum atomic E-state index is 12.9. The molecule has 1 unspecified atom stereocenters. The van der Waals surface area contributed by atoms with Crippen LogP contribution in [0.3, 0.4) is 0 Å². The molecule has 2 heteroatoms. The molecular formula is C18H25NO. The minimum atomic E-state index is 0.0752. The summed E-state index contributed by atoms with van der Waals surface area (Å²) in [7, 11) is 0. The van der Waals surface area contributed by atoms with Crippen molar-refractivity contribution in [3.8, 4) is 0 Å². The van der Waals surface area contributed by atoms with Crippen molar-refractivity contribution >= 4 is 5.78 Å². The van der Waals surface area contributed by atoms with Crippen LogP contribution in [-0.4, -0.2) is 10.8 Å². The maximum absolute atomic E-state index is 12.9. The lowest BCUT2D eigenvalue weighted by Gasteiger charge is -2.35. The standard InChI is InChI=1S/C18H25NO/c1-18(2)10-8-14(9-11-18)17(20)15-7-3-5-13-6-4-12-19-16(13)15/h4,6,12,14-15H,3,5,7-11H2,1-2H3. The van der Waals surface area contributed by atoms with E-state index in [1.54, 1.807) is 0 Å². The molecule has 1 aromatic rings. The fraction of sp³-hybridized carbons (Fsp3) is 0.667. The van der Waals surface area contributed by atoms with E-state index in [1.165, 1.54) is 18.4 Å². The van der Waals surface area contributed by atoms with Crippen molar-refractivity contribution in [1.29, 1.82) is 0 Å². The van der Waals surface area contributed by atoms with Crippen molar-refractivity contribution in [1.82, 2.24) is 4.98 Å². The van der Waals surface area contributed by atoms with Gasteiger partial charge in [0, 0.05) is 12.1 Å². The van der Waals surface area contributed by atoms with Crippen molar-refractivity contribution in [3.63, 3.8) is 0 Å². The largest absolute Gasteiger partial charge is 0.299 e. The number of hydrogen-bond acceptors (Lipinski definition) is 2. The van der Waals surface area contributed by atoms with Crippen LogP contribution in [0.2, 0.25) is 0 Å². The molecular weight excluding hydrogens is 246 g/mol. The van der Waals surface area contributed by atoms with Gasteiger partial charge in [-0.25, -0.2) is 0 Å². The molecule has 1 atom stereocenters. The lowest BCUT2D eigenvalue weighted by atomic mass is 9.69. The highest BCUT2D eigenvalue weighted by atomic mass is 16.1. The van der Waals surface area contributed by atoms with Crippen LogP contribution in [0, 0.1) is 11.3 Å². The van der Waals surface area contributed by atoms with Gasteiger partial charge in [0.1, 0.15) is 5.78 Å². The minimum absolute atomic E-state index is 0.0752. The summed E-state index contributed by atoms with van der Waals surface area (Å²) < 4.78 is 0. The van der Waals surface area contributed by atoms with Gasteiger partial charge < -0.3 is 0 Å². The Bertz CT molecular complexity index is 496. The molecule has 0 aliphatic heterocycles. The number of fused-ring (bicyclic) bond motifs is 1. The molecule has 0 amide bonds. The van der Waals surface area contributed by atoms with Crippen molar-refractivity contribution in [2.24, 2.45) is 11.3 Å². The van der Waals surface area contributed by atoms with Gasteiger partial charge in [-0.15, -0.1) is 0 Å². The van der Waals surface area contributed by atoms with E-state index in [-0.39, 0.29) is 11.8 Å². The summed E-state index contributed by atoms with van der Waals surface area (Å²) in [4.78, 5) is 17.4. The van der Waals surface area contributed by atoms with Gasteiger partial charge in [0.25, 0.3) is 0 Å². The molecule has 0 aromatic carbocycles. The Morgan fingerprint density at radius 3 is 2.75 bits per heavy atom. The predicted molar refractivity (Wildman–Crippen MR) is 80.7 cm³/mol. The molecule has 108 valence electrons. The maximum Gasteiger partial charge on any atom is 0.144 e. The van der Waals surface area contributed by atoms with Crippen molar-refractivity contribution < 1.29 is 4.79 Å². The second-order valence-electron chi connectivity index (χ2n) is 7.33. The number of carbonyl (C=O) groups excluding carboxylic acids is 1. The Morgan fingerprint density at radius 2 is 2.00 bits per heavy atom.